The van der Waals surface area contributed by atoms with Crippen LogP contribution in [-0.4, -0.2) is 26.3 Å². The molecule has 1 aromatic rings. The topological polar surface area (TPSA) is 30.5 Å². The summed E-state index contributed by atoms with van der Waals surface area (Å²) in [7, 11) is 1.67. The third kappa shape index (κ3) is 5.66. The largest absolute Gasteiger partial charge is 0.493 e. The molecule has 0 radical (unpaired) electrons. The predicted octanol–water partition coefficient (Wildman–Crippen LogP) is 3.74. The Balaban J connectivity index is 2.75. The van der Waals surface area contributed by atoms with Crippen LogP contribution < -0.4 is 14.8 Å². The fourth-order valence-corrected chi connectivity index (χ4v) is 1.83. The van der Waals surface area contributed by atoms with Gasteiger partial charge in [0.05, 0.1) is 13.2 Å². The summed E-state index contributed by atoms with van der Waals surface area (Å²) in [6.45, 7) is 10.3. The lowest BCUT2D eigenvalue weighted by molar-refractivity contribution is 0.229. The maximum Gasteiger partial charge on any atom is 0.168 e. The Labute approximate surface area is 123 Å². The molecule has 0 amide bonds. The van der Waals surface area contributed by atoms with Crippen LogP contribution in [-0.2, 0) is 0 Å². The highest BCUT2D eigenvalue weighted by Gasteiger charge is 2.09. The number of ether oxygens (including phenoxy) is 2. The van der Waals surface area contributed by atoms with Gasteiger partial charge in [0.1, 0.15) is 0 Å². The van der Waals surface area contributed by atoms with Crippen molar-refractivity contribution in [2.75, 3.05) is 20.2 Å². The molecule has 0 bridgehead atoms. The molecule has 0 aliphatic carbocycles. The maximum atomic E-state index is 5.87. The molecule has 1 N–H and O–H groups in total. The number of hydrogen-bond acceptors (Lipinski definition) is 3. The minimum absolute atomic E-state index is 0.123. The molecular weight excluding hydrogens is 250 g/mol. The summed E-state index contributed by atoms with van der Waals surface area (Å²) < 4.78 is 11.2. The second kappa shape index (κ2) is 8.64. The van der Waals surface area contributed by atoms with E-state index in [9.17, 15) is 0 Å². The van der Waals surface area contributed by atoms with Crippen LogP contribution in [0.25, 0.3) is 6.08 Å². The van der Waals surface area contributed by atoms with Crippen molar-refractivity contribution >= 4 is 6.08 Å². The average molecular weight is 277 g/mol. The van der Waals surface area contributed by atoms with E-state index in [-0.39, 0.29) is 6.10 Å². The van der Waals surface area contributed by atoms with Gasteiger partial charge in [0.2, 0.25) is 0 Å². The number of hydrogen-bond donors (Lipinski definition) is 1. The van der Waals surface area contributed by atoms with E-state index in [0.717, 1.165) is 30.2 Å². The maximum absolute atomic E-state index is 5.87. The van der Waals surface area contributed by atoms with Crippen LogP contribution in [0.15, 0.2) is 24.3 Å². The van der Waals surface area contributed by atoms with Crippen LogP contribution in [0.5, 0.6) is 11.5 Å². The van der Waals surface area contributed by atoms with Gasteiger partial charge in [-0.25, -0.2) is 0 Å². The molecule has 0 aliphatic rings. The second-order valence-corrected chi connectivity index (χ2v) is 5.50. The predicted molar refractivity (Wildman–Crippen MR) is 85.5 cm³/mol. The van der Waals surface area contributed by atoms with Crippen molar-refractivity contribution in [3.05, 3.63) is 29.8 Å². The smallest absolute Gasteiger partial charge is 0.168 e. The SMILES string of the molecule is COc1cccc(C=CCNCC(C)C)c1OC(C)C. The highest BCUT2D eigenvalue weighted by atomic mass is 16.5. The first-order chi connectivity index (χ1) is 9.54. The van der Waals surface area contributed by atoms with Gasteiger partial charge in [-0.1, -0.05) is 38.1 Å². The van der Waals surface area contributed by atoms with E-state index in [2.05, 4.69) is 31.3 Å². The molecular formula is C17H27NO2. The standard InChI is InChI=1S/C17H27NO2/c1-13(2)12-18-11-7-9-15-8-6-10-16(19-5)17(15)20-14(3)4/h6-10,13-14,18H,11-12H2,1-5H3. The molecule has 0 heterocycles. The molecule has 20 heavy (non-hydrogen) atoms. The van der Waals surface area contributed by atoms with Gasteiger partial charge in [0.15, 0.2) is 11.5 Å². The highest BCUT2D eigenvalue weighted by Crippen LogP contribution is 2.32. The van der Waals surface area contributed by atoms with E-state index in [1.807, 2.05) is 32.0 Å². The van der Waals surface area contributed by atoms with Gasteiger partial charge in [-0.2, -0.15) is 0 Å². The zero-order chi connectivity index (χ0) is 15.0. The van der Waals surface area contributed by atoms with E-state index in [1.165, 1.54) is 0 Å². The molecule has 0 aromatic heterocycles. The van der Waals surface area contributed by atoms with Gasteiger partial charge in [-0.05, 0) is 32.4 Å². The van der Waals surface area contributed by atoms with Gasteiger partial charge in [0.25, 0.3) is 0 Å². The van der Waals surface area contributed by atoms with Crippen LogP contribution in [0.2, 0.25) is 0 Å². The summed E-state index contributed by atoms with van der Waals surface area (Å²) in [5.74, 6) is 2.25. The quantitative estimate of drug-likeness (QED) is 0.734. The molecule has 0 saturated heterocycles. The van der Waals surface area contributed by atoms with Crippen molar-refractivity contribution < 1.29 is 9.47 Å². The van der Waals surface area contributed by atoms with Crippen LogP contribution in [0.3, 0.4) is 0 Å². The molecule has 0 unspecified atom stereocenters. The Morgan fingerprint density at radius 2 is 1.95 bits per heavy atom. The molecule has 0 saturated carbocycles. The Hall–Kier alpha value is -1.48. The van der Waals surface area contributed by atoms with Crippen LogP contribution >= 0.6 is 0 Å². The first-order valence-corrected chi connectivity index (χ1v) is 7.25. The Morgan fingerprint density at radius 3 is 2.55 bits per heavy atom. The monoisotopic (exact) mass is 277 g/mol. The number of para-hydroxylation sites is 1. The molecule has 3 nitrogen and oxygen atoms in total. The number of methoxy groups -OCH3 is 1. The summed E-state index contributed by atoms with van der Waals surface area (Å²) in [5, 5.41) is 3.39. The fourth-order valence-electron chi connectivity index (χ4n) is 1.83. The third-order valence-electron chi connectivity index (χ3n) is 2.70. The molecule has 0 aliphatic heterocycles. The Morgan fingerprint density at radius 1 is 1.20 bits per heavy atom. The number of rotatable bonds is 8. The molecule has 0 atom stereocenters. The van der Waals surface area contributed by atoms with Gasteiger partial charge in [-0.15, -0.1) is 0 Å². The number of nitrogens with one attached hydrogen (secondary N) is 1. The molecule has 3 heteroatoms. The fraction of sp³-hybridized carbons (Fsp3) is 0.529. The lowest BCUT2D eigenvalue weighted by Crippen LogP contribution is -2.19. The van der Waals surface area contributed by atoms with Crippen molar-refractivity contribution in [2.45, 2.75) is 33.8 Å². The van der Waals surface area contributed by atoms with Crippen molar-refractivity contribution in [1.82, 2.24) is 5.32 Å². The van der Waals surface area contributed by atoms with Gasteiger partial charge >= 0.3 is 0 Å². The lowest BCUT2D eigenvalue weighted by atomic mass is 10.1. The molecule has 0 spiro atoms. The molecule has 1 aromatic carbocycles. The molecule has 1 rings (SSSR count). The average Bonchev–Trinajstić information content (AvgIpc) is 2.39. The first-order valence-electron chi connectivity index (χ1n) is 7.25. The van der Waals surface area contributed by atoms with Gasteiger partial charge in [-0.3, -0.25) is 0 Å². The van der Waals surface area contributed by atoms with Crippen LogP contribution in [0.4, 0.5) is 0 Å². The zero-order valence-corrected chi connectivity index (χ0v) is 13.3. The minimum Gasteiger partial charge on any atom is -0.493 e. The highest BCUT2D eigenvalue weighted by molar-refractivity contribution is 5.62. The van der Waals surface area contributed by atoms with Crippen LogP contribution in [0, 0.1) is 5.92 Å². The van der Waals surface area contributed by atoms with Gasteiger partial charge in [0, 0.05) is 12.1 Å². The Bertz CT molecular complexity index is 425. The normalized spacial score (nSPS) is 11.6. The zero-order valence-electron chi connectivity index (χ0n) is 13.3. The van der Waals surface area contributed by atoms with E-state index in [1.54, 1.807) is 7.11 Å². The Kier molecular flexibility index (Phi) is 7.16. The molecule has 0 fully saturated rings. The van der Waals surface area contributed by atoms with Crippen molar-refractivity contribution in [1.29, 1.82) is 0 Å². The van der Waals surface area contributed by atoms with E-state index in [0.29, 0.717) is 5.92 Å². The second-order valence-electron chi connectivity index (χ2n) is 5.50. The van der Waals surface area contributed by atoms with Crippen molar-refractivity contribution in [3.8, 4) is 11.5 Å². The number of benzene rings is 1. The third-order valence-corrected chi connectivity index (χ3v) is 2.70. The lowest BCUT2D eigenvalue weighted by Gasteiger charge is -2.15. The van der Waals surface area contributed by atoms with Crippen molar-refractivity contribution in [3.63, 3.8) is 0 Å². The summed E-state index contributed by atoms with van der Waals surface area (Å²) in [5.41, 5.74) is 1.05. The summed E-state index contributed by atoms with van der Waals surface area (Å²) in [6, 6.07) is 5.94. The minimum atomic E-state index is 0.123. The van der Waals surface area contributed by atoms with Crippen molar-refractivity contribution in [2.24, 2.45) is 5.92 Å². The summed E-state index contributed by atoms with van der Waals surface area (Å²) in [6.07, 6.45) is 4.32. The van der Waals surface area contributed by atoms with Crippen LogP contribution in [0.1, 0.15) is 33.3 Å². The van der Waals surface area contributed by atoms with E-state index in [4.69, 9.17) is 9.47 Å². The van der Waals surface area contributed by atoms with Gasteiger partial charge < -0.3 is 14.8 Å². The summed E-state index contributed by atoms with van der Waals surface area (Å²) in [4.78, 5) is 0. The first kappa shape index (κ1) is 16.6. The molecule has 112 valence electrons. The summed E-state index contributed by atoms with van der Waals surface area (Å²) >= 11 is 0. The van der Waals surface area contributed by atoms with E-state index < -0.39 is 0 Å². The van der Waals surface area contributed by atoms with E-state index >= 15 is 0 Å².